The predicted molar refractivity (Wildman–Crippen MR) is 102 cm³/mol. The summed E-state index contributed by atoms with van der Waals surface area (Å²) < 4.78 is 23.2. The lowest BCUT2D eigenvalue weighted by Crippen LogP contribution is -2.58. The van der Waals surface area contributed by atoms with E-state index in [1.54, 1.807) is 36.4 Å². The van der Waals surface area contributed by atoms with E-state index in [1.165, 1.54) is 0 Å². The highest BCUT2D eigenvalue weighted by Crippen LogP contribution is 2.45. The van der Waals surface area contributed by atoms with Gasteiger partial charge in [0.05, 0.1) is 13.2 Å². The van der Waals surface area contributed by atoms with E-state index in [2.05, 4.69) is 0 Å². The molecule has 0 radical (unpaired) electrons. The Morgan fingerprint density at radius 3 is 2.00 bits per heavy atom. The molecule has 2 aliphatic heterocycles. The Labute approximate surface area is 172 Å². The van der Waals surface area contributed by atoms with E-state index in [-0.39, 0.29) is 6.61 Å². The molecule has 2 aromatic carbocycles. The summed E-state index contributed by atoms with van der Waals surface area (Å²) in [6, 6.07) is 17.9. The van der Waals surface area contributed by atoms with Crippen LogP contribution in [0.3, 0.4) is 0 Å². The van der Waals surface area contributed by atoms with Gasteiger partial charge in [-0.15, -0.1) is 0 Å². The number of benzene rings is 2. The maximum Gasteiger partial charge on any atom is 0.277 e. The van der Waals surface area contributed by atoms with Gasteiger partial charge in [0.15, 0.2) is 0 Å². The molecule has 2 saturated heterocycles. The molecule has 2 aromatic rings. The normalized spacial score (nSPS) is 38.4. The minimum Gasteiger partial charge on any atom is -0.394 e. The molecule has 0 bridgehead atoms. The molecule has 0 aromatic heterocycles. The largest absolute Gasteiger partial charge is 0.394 e. The molecule has 2 fully saturated rings. The minimum absolute atomic E-state index is 0.0695. The van der Waals surface area contributed by atoms with Crippen molar-refractivity contribution < 1.29 is 29.2 Å². The van der Waals surface area contributed by atoms with Crippen molar-refractivity contribution in [3.8, 4) is 0 Å². The molecular formula is C20H20Cl2O6. The Morgan fingerprint density at radius 2 is 1.43 bits per heavy atom. The molecule has 0 spiro atoms. The highest BCUT2D eigenvalue weighted by Gasteiger charge is 2.54. The first kappa shape index (κ1) is 20.1. The van der Waals surface area contributed by atoms with Gasteiger partial charge in [-0.3, -0.25) is 0 Å². The summed E-state index contributed by atoms with van der Waals surface area (Å²) in [5.74, 6) is 0. The Morgan fingerprint density at radius 1 is 0.857 bits per heavy atom. The van der Waals surface area contributed by atoms with E-state index in [9.17, 15) is 10.2 Å². The molecule has 2 heterocycles. The van der Waals surface area contributed by atoms with Gasteiger partial charge in [-0.25, -0.2) is 0 Å². The number of halogens is 2. The first-order chi connectivity index (χ1) is 13.5. The highest BCUT2D eigenvalue weighted by atomic mass is 35.5. The summed E-state index contributed by atoms with van der Waals surface area (Å²) in [6.45, 7) is -0.374. The molecule has 6 atom stereocenters. The molecule has 28 heavy (non-hydrogen) atoms. The van der Waals surface area contributed by atoms with Crippen molar-refractivity contribution in [2.24, 2.45) is 0 Å². The van der Waals surface area contributed by atoms with Crippen LogP contribution in [0, 0.1) is 0 Å². The van der Waals surface area contributed by atoms with E-state index in [0.717, 1.165) is 0 Å². The van der Waals surface area contributed by atoms with Gasteiger partial charge in [-0.05, 0) is 0 Å². The van der Waals surface area contributed by atoms with Crippen LogP contribution in [0.15, 0.2) is 60.7 Å². The van der Waals surface area contributed by atoms with Gasteiger partial charge in [-0.1, -0.05) is 83.9 Å². The summed E-state index contributed by atoms with van der Waals surface area (Å²) in [5.41, 5.74) is 1.16. The zero-order valence-electron chi connectivity index (χ0n) is 14.8. The average molecular weight is 427 g/mol. The van der Waals surface area contributed by atoms with E-state index in [0.29, 0.717) is 11.1 Å². The minimum atomic E-state index is -1.69. The van der Waals surface area contributed by atoms with Crippen molar-refractivity contribution >= 4 is 23.2 Å². The SMILES string of the molecule is OC[C@@H]1OC(Cl)(c2ccccc2)O[C@H]([C@H]2COC(Cl)(c3ccccc3)O2)[C@@H]1O. The fourth-order valence-corrected chi connectivity index (χ4v) is 4.01. The standard InChI is InChI=1S/C20H20Cl2O6/c21-19(13-7-3-1-4-8-13)25-12-16(27-19)18-17(24)15(11-23)26-20(22,28-18)14-9-5-2-6-10-14/h1-10,15-18,23-24H,11-12H2/t15-,16+,17+,18+,19?,20?/m0/s1. The Balaban J connectivity index is 1.59. The third kappa shape index (κ3) is 3.67. The molecule has 0 amide bonds. The number of rotatable bonds is 4. The molecule has 150 valence electrons. The van der Waals surface area contributed by atoms with Gasteiger partial charge in [0.2, 0.25) is 0 Å². The first-order valence-corrected chi connectivity index (χ1v) is 9.66. The summed E-state index contributed by atoms with van der Waals surface area (Å²) in [7, 11) is 0. The van der Waals surface area contributed by atoms with E-state index in [1.807, 2.05) is 24.3 Å². The van der Waals surface area contributed by atoms with Gasteiger partial charge < -0.3 is 29.2 Å². The number of hydrogen-bond donors (Lipinski definition) is 2. The van der Waals surface area contributed by atoms with Crippen LogP contribution in [-0.2, 0) is 29.4 Å². The van der Waals surface area contributed by atoms with Crippen molar-refractivity contribution in [2.45, 2.75) is 34.9 Å². The lowest BCUT2D eigenvalue weighted by atomic mass is 10.0. The molecule has 0 aliphatic carbocycles. The number of aliphatic hydroxyl groups excluding tert-OH is 2. The molecule has 2 N–H and O–H groups in total. The van der Waals surface area contributed by atoms with Gasteiger partial charge in [0.25, 0.3) is 10.5 Å². The number of hydrogen-bond acceptors (Lipinski definition) is 6. The van der Waals surface area contributed by atoms with Crippen molar-refractivity contribution in [3.63, 3.8) is 0 Å². The lowest BCUT2D eigenvalue weighted by molar-refractivity contribution is -0.334. The second-order valence-electron chi connectivity index (χ2n) is 6.68. The van der Waals surface area contributed by atoms with Crippen LogP contribution in [0.4, 0.5) is 0 Å². The summed E-state index contributed by atoms with van der Waals surface area (Å²) in [6.07, 6.45) is -3.83. The molecule has 2 unspecified atom stereocenters. The smallest absolute Gasteiger partial charge is 0.277 e. The van der Waals surface area contributed by atoms with Crippen LogP contribution in [0.2, 0.25) is 0 Å². The molecule has 0 saturated carbocycles. The third-order valence-electron chi connectivity index (χ3n) is 4.83. The van der Waals surface area contributed by atoms with Crippen LogP contribution in [-0.4, -0.2) is 47.8 Å². The maximum absolute atomic E-state index is 10.7. The summed E-state index contributed by atoms with van der Waals surface area (Å²) >= 11 is 13.1. The number of aliphatic hydroxyl groups is 2. The fourth-order valence-electron chi connectivity index (χ4n) is 3.37. The van der Waals surface area contributed by atoms with Crippen LogP contribution in [0.5, 0.6) is 0 Å². The van der Waals surface area contributed by atoms with Crippen LogP contribution in [0.1, 0.15) is 11.1 Å². The molecular weight excluding hydrogens is 407 g/mol. The maximum atomic E-state index is 10.7. The second-order valence-corrected chi connectivity index (χ2v) is 7.68. The van der Waals surface area contributed by atoms with E-state index >= 15 is 0 Å². The van der Waals surface area contributed by atoms with Crippen molar-refractivity contribution in [3.05, 3.63) is 71.8 Å². The van der Waals surface area contributed by atoms with Crippen molar-refractivity contribution in [1.29, 1.82) is 0 Å². The number of alkyl halides is 2. The van der Waals surface area contributed by atoms with E-state index < -0.39 is 41.5 Å². The Kier molecular flexibility index (Phi) is 5.66. The van der Waals surface area contributed by atoms with E-state index in [4.69, 9.17) is 42.1 Å². The molecule has 2 aliphatic rings. The van der Waals surface area contributed by atoms with Gasteiger partial charge in [0.1, 0.15) is 24.4 Å². The van der Waals surface area contributed by atoms with Gasteiger partial charge >= 0.3 is 0 Å². The fraction of sp³-hybridized carbons (Fsp3) is 0.400. The molecule has 8 heteroatoms. The predicted octanol–water partition coefficient (Wildman–Crippen LogP) is 2.64. The van der Waals surface area contributed by atoms with Gasteiger partial charge in [0, 0.05) is 11.1 Å². The van der Waals surface area contributed by atoms with Gasteiger partial charge in [-0.2, -0.15) is 0 Å². The topological polar surface area (TPSA) is 77.4 Å². The zero-order chi connectivity index (χ0) is 19.8. The lowest BCUT2D eigenvalue weighted by Gasteiger charge is -2.44. The van der Waals surface area contributed by atoms with Crippen LogP contribution in [0.25, 0.3) is 0 Å². The first-order valence-electron chi connectivity index (χ1n) is 8.90. The average Bonchev–Trinajstić information content (AvgIpc) is 3.14. The zero-order valence-corrected chi connectivity index (χ0v) is 16.3. The Hall–Kier alpha value is -1.22. The van der Waals surface area contributed by atoms with Crippen LogP contribution >= 0.6 is 23.2 Å². The number of ether oxygens (including phenoxy) is 4. The highest BCUT2D eigenvalue weighted by molar-refractivity contribution is 6.22. The van der Waals surface area contributed by atoms with Crippen LogP contribution < -0.4 is 0 Å². The molecule has 6 nitrogen and oxygen atoms in total. The molecule has 4 rings (SSSR count). The quantitative estimate of drug-likeness (QED) is 0.731. The summed E-state index contributed by atoms with van der Waals surface area (Å²) in [5, 5.41) is 17.2. The summed E-state index contributed by atoms with van der Waals surface area (Å²) in [4.78, 5) is 0. The monoisotopic (exact) mass is 426 g/mol. The van der Waals surface area contributed by atoms with Crippen molar-refractivity contribution in [2.75, 3.05) is 13.2 Å². The van der Waals surface area contributed by atoms with Crippen molar-refractivity contribution in [1.82, 2.24) is 0 Å². The third-order valence-corrected chi connectivity index (χ3v) is 5.64. The Bertz CT molecular complexity index is 794. The second kappa shape index (κ2) is 7.89.